The molecule has 0 radical (unpaired) electrons. The molecule has 1 aliphatic rings. The molecule has 1 aliphatic heterocycles. The number of hydrogen-bond donors (Lipinski definition) is 1. The molecule has 0 aromatic carbocycles. The molecule has 110 valence electrons. The summed E-state index contributed by atoms with van der Waals surface area (Å²) in [5.41, 5.74) is 1.54. The van der Waals surface area contributed by atoms with Crippen LogP contribution in [0.5, 0.6) is 0 Å². The van der Waals surface area contributed by atoms with Crippen LogP contribution >= 0.6 is 0 Å². The number of pyridine rings is 1. The van der Waals surface area contributed by atoms with E-state index in [2.05, 4.69) is 10.3 Å². The van der Waals surface area contributed by atoms with Crippen molar-refractivity contribution in [3.05, 3.63) is 23.4 Å². The number of hydrogen-bond acceptors (Lipinski definition) is 4. The van der Waals surface area contributed by atoms with E-state index >= 15 is 0 Å². The fourth-order valence-electron chi connectivity index (χ4n) is 2.42. The second kappa shape index (κ2) is 6.22. The van der Waals surface area contributed by atoms with E-state index in [4.69, 9.17) is 4.74 Å². The molecule has 0 spiro atoms. The third-order valence-corrected chi connectivity index (χ3v) is 3.43. The van der Waals surface area contributed by atoms with Gasteiger partial charge in [0.25, 0.3) is 5.91 Å². The van der Waals surface area contributed by atoms with Crippen LogP contribution in [-0.4, -0.2) is 47.6 Å². The van der Waals surface area contributed by atoms with Gasteiger partial charge in [0.15, 0.2) is 0 Å². The highest BCUT2D eigenvalue weighted by atomic mass is 16.5. The Labute approximate surface area is 120 Å². The van der Waals surface area contributed by atoms with Gasteiger partial charge in [0.1, 0.15) is 5.82 Å². The van der Waals surface area contributed by atoms with Crippen molar-refractivity contribution in [1.29, 1.82) is 0 Å². The van der Waals surface area contributed by atoms with Crippen LogP contribution in [0.1, 0.15) is 36.8 Å². The molecule has 1 N–H and O–H groups in total. The summed E-state index contributed by atoms with van der Waals surface area (Å²) < 4.78 is 5.57. The highest BCUT2D eigenvalue weighted by molar-refractivity contribution is 5.95. The number of aromatic nitrogens is 1. The lowest BCUT2D eigenvalue weighted by atomic mass is 10.1. The van der Waals surface area contributed by atoms with Gasteiger partial charge in [-0.2, -0.15) is 0 Å². The Kier molecular flexibility index (Phi) is 4.60. The number of aryl methyl sites for hydroxylation is 1. The van der Waals surface area contributed by atoms with Gasteiger partial charge in [-0.1, -0.05) is 0 Å². The molecular formula is C15H23N3O2. The minimum Gasteiger partial charge on any atom is -0.375 e. The fraction of sp³-hybridized carbons (Fsp3) is 0.600. The van der Waals surface area contributed by atoms with Crippen molar-refractivity contribution in [2.75, 3.05) is 25.0 Å². The van der Waals surface area contributed by atoms with Gasteiger partial charge in [-0.3, -0.25) is 4.79 Å². The summed E-state index contributed by atoms with van der Waals surface area (Å²) >= 11 is 0. The first kappa shape index (κ1) is 14.8. The monoisotopic (exact) mass is 277 g/mol. The van der Waals surface area contributed by atoms with Crippen LogP contribution in [-0.2, 0) is 4.74 Å². The zero-order chi connectivity index (χ0) is 14.7. The lowest BCUT2D eigenvalue weighted by molar-refractivity contribution is -0.0387. The molecule has 20 heavy (non-hydrogen) atoms. The minimum atomic E-state index is 0.0531. The molecule has 1 amide bonds. The Bertz CT molecular complexity index is 490. The fourth-order valence-corrected chi connectivity index (χ4v) is 2.42. The predicted octanol–water partition coefficient (Wildman–Crippen LogP) is 2.07. The van der Waals surface area contributed by atoms with Gasteiger partial charge in [0, 0.05) is 24.3 Å². The van der Waals surface area contributed by atoms with Crippen LogP contribution in [0.3, 0.4) is 0 Å². The number of ether oxygens (including phenoxy) is 1. The molecule has 5 heteroatoms. The first-order valence-corrected chi connectivity index (χ1v) is 7.16. The van der Waals surface area contributed by atoms with E-state index in [-0.39, 0.29) is 18.1 Å². The number of morpholine rings is 1. The molecule has 2 heterocycles. The molecule has 2 atom stereocenters. The zero-order valence-corrected chi connectivity index (χ0v) is 12.6. The number of nitrogens with zero attached hydrogens (tertiary/aromatic N) is 2. The maximum Gasteiger partial charge on any atom is 0.254 e. The van der Waals surface area contributed by atoms with Crippen LogP contribution in [0, 0.1) is 6.92 Å². The SMILES string of the molecule is CCNc1cc(C(=O)N2CC(C)OCC2C)cc(C)n1. The third-order valence-electron chi connectivity index (χ3n) is 3.43. The van der Waals surface area contributed by atoms with Gasteiger partial charge in [0.05, 0.1) is 18.8 Å². The van der Waals surface area contributed by atoms with Crippen LogP contribution in [0.25, 0.3) is 0 Å². The molecule has 0 aliphatic carbocycles. The quantitative estimate of drug-likeness (QED) is 0.919. The highest BCUT2D eigenvalue weighted by Gasteiger charge is 2.28. The van der Waals surface area contributed by atoms with Crippen molar-refractivity contribution >= 4 is 11.7 Å². The lowest BCUT2D eigenvalue weighted by Gasteiger charge is -2.36. The average molecular weight is 277 g/mol. The Hall–Kier alpha value is -1.62. The molecule has 0 bridgehead atoms. The molecule has 1 fully saturated rings. The van der Waals surface area contributed by atoms with E-state index in [1.807, 2.05) is 44.7 Å². The number of amides is 1. The van der Waals surface area contributed by atoms with Crippen LogP contribution in [0.4, 0.5) is 5.82 Å². The molecule has 2 unspecified atom stereocenters. The number of anilines is 1. The van der Waals surface area contributed by atoms with Gasteiger partial charge in [-0.05, 0) is 39.8 Å². The van der Waals surface area contributed by atoms with Crippen molar-refractivity contribution in [1.82, 2.24) is 9.88 Å². The van der Waals surface area contributed by atoms with E-state index in [1.165, 1.54) is 0 Å². The van der Waals surface area contributed by atoms with E-state index in [9.17, 15) is 4.79 Å². The van der Waals surface area contributed by atoms with E-state index < -0.39 is 0 Å². The van der Waals surface area contributed by atoms with Gasteiger partial charge in [0.2, 0.25) is 0 Å². The van der Waals surface area contributed by atoms with E-state index in [1.54, 1.807) is 0 Å². The summed E-state index contributed by atoms with van der Waals surface area (Å²) in [6.07, 6.45) is 0.0892. The maximum absolute atomic E-state index is 12.7. The molecule has 1 aromatic rings. The van der Waals surface area contributed by atoms with Crippen molar-refractivity contribution in [2.45, 2.75) is 39.8 Å². The third kappa shape index (κ3) is 3.28. The van der Waals surface area contributed by atoms with Gasteiger partial charge < -0.3 is 15.0 Å². The minimum absolute atomic E-state index is 0.0531. The van der Waals surface area contributed by atoms with Crippen molar-refractivity contribution in [3.8, 4) is 0 Å². The Morgan fingerprint density at radius 2 is 2.25 bits per heavy atom. The highest BCUT2D eigenvalue weighted by Crippen LogP contribution is 2.18. The molecular weight excluding hydrogens is 254 g/mol. The first-order valence-electron chi connectivity index (χ1n) is 7.16. The van der Waals surface area contributed by atoms with Crippen molar-refractivity contribution < 1.29 is 9.53 Å². The second-order valence-corrected chi connectivity index (χ2v) is 5.36. The lowest BCUT2D eigenvalue weighted by Crippen LogP contribution is -2.50. The normalized spacial score (nSPS) is 22.7. The maximum atomic E-state index is 12.7. The van der Waals surface area contributed by atoms with Crippen LogP contribution < -0.4 is 5.32 Å². The summed E-state index contributed by atoms with van der Waals surface area (Å²) in [6.45, 7) is 9.95. The molecule has 2 rings (SSSR count). The largest absolute Gasteiger partial charge is 0.375 e. The van der Waals surface area contributed by atoms with Gasteiger partial charge in [-0.25, -0.2) is 4.98 Å². The number of nitrogens with one attached hydrogen (secondary N) is 1. The van der Waals surface area contributed by atoms with Crippen molar-refractivity contribution in [3.63, 3.8) is 0 Å². The predicted molar refractivity (Wildman–Crippen MR) is 79.1 cm³/mol. The Morgan fingerprint density at radius 3 is 2.95 bits per heavy atom. The molecule has 1 saturated heterocycles. The first-order chi connectivity index (χ1) is 9.51. The molecule has 1 aromatic heterocycles. The number of rotatable bonds is 3. The van der Waals surface area contributed by atoms with Gasteiger partial charge in [-0.15, -0.1) is 0 Å². The standard InChI is InChI=1S/C15H23N3O2/c1-5-16-14-7-13(6-10(2)17-14)15(19)18-8-12(4)20-9-11(18)3/h6-7,11-12H,5,8-9H2,1-4H3,(H,16,17). The van der Waals surface area contributed by atoms with Gasteiger partial charge >= 0.3 is 0 Å². The number of carbonyl (C=O) groups is 1. The summed E-state index contributed by atoms with van der Waals surface area (Å²) in [6, 6.07) is 3.77. The van der Waals surface area contributed by atoms with Crippen LogP contribution in [0.2, 0.25) is 0 Å². The second-order valence-electron chi connectivity index (χ2n) is 5.36. The van der Waals surface area contributed by atoms with E-state index in [0.29, 0.717) is 18.7 Å². The summed E-state index contributed by atoms with van der Waals surface area (Å²) in [5, 5.41) is 3.16. The Balaban J connectivity index is 2.23. The number of carbonyl (C=O) groups excluding carboxylic acids is 1. The summed E-state index contributed by atoms with van der Waals surface area (Å²) in [5.74, 6) is 0.808. The van der Waals surface area contributed by atoms with Crippen molar-refractivity contribution in [2.24, 2.45) is 0 Å². The topological polar surface area (TPSA) is 54.5 Å². The smallest absolute Gasteiger partial charge is 0.254 e. The summed E-state index contributed by atoms with van der Waals surface area (Å²) in [4.78, 5) is 18.9. The zero-order valence-electron chi connectivity index (χ0n) is 12.6. The van der Waals surface area contributed by atoms with E-state index in [0.717, 1.165) is 18.1 Å². The Morgan fingerprint density at radius 1 is 1.50 bits per heavy atom. The average Bonchev–Trinajstić information content (AvgIpc) is 2.40. The summed E-state index contributed by atoms with van der Waals surface area (Å²) in [7, 11) is 0. The molecule has 5 nitrogen and oxygen atoms in total. The molecule has 0 saturated carbocycles. The van der Waals surface area contributed by atoms with Crippen LogP contribution in [0.15, 0.2) is 12.1 Å².